The molecular weight excluding hydrogens is 290 g/mol. The summed E-state index contributed by atoms with van der Waals surface area (Å²) in [6, 6.07) is 0.470. The first-order valence-electron chi connectivity index (χ1n) is 6.69. The molecule has 0 amide bonds. The van der Waals surface area contributed by atoms with Gasteiger partial charge < -0.3 is 10.1 Å². The second kappa shape index (κ2) is 7.26. The first-order chi connectivity index (χ1) is 9.58. The van der Waals surface area contributed by atoms with E-state index in [-0.39, 0.29) is 0 Å². The summed E-state index contributed by atoms with van der Waals surface area (Å²) in [6.07, 6.45) is 0.821. The summed E-state index contributed by atoms with van der Waals surface area (Å²) in [7, 11) is 1.71. The van der Waals surface area contributed by atoms with Crippen molar-refractivity contribution >= 4 is 22.7 Å². The zero-order valence-electron chi connectivity index (χ0n) is 12.4. The molecule has 0 fully saturated rings. The predicted octanol–water partition coefficient (Wildman–Crippen LogP) is 3.14. The van der Waals surface area contributed by atoms with Crippen LogP contribution < -0.4 is 5.32 Å². The minimum absolute atomic E-state index is 0.470. The van der Waals surface area contributed by atoms with Crippen LogP contribution >= 0.6 is 22.7 Å². The fourth-order valence-electron chi connectivity index (χ4n) is 1.81. The Labute approximate surface area is 128 Å². The first-order valence-corrected chi connectivity index (χ1v) is 8.39. The van der Waals surface area contributed by atoms with E-state index < -0.39 is 0 Å². The molecule has 2 rings (SSSR count). The normalized spacial score (nSPS) is 11.4. The third-order valence-corrected chi connectivity index (χ3v) is 4.81. The lowest BCUT2D eigenvalue weighted by Gasteiger charge is -2.07. The van der Waals surface area contributed by atoms with Crippen LogP contribution in [0.3, 0.4) is 0 Å². The van der Waals surface area contributed by atoms with E-state index in [1.165, 1.54) is 4.88 Å². The van der Waals surface area contributed by atoms with E-state index in [1.54, 1.807) is 29.8 Å². The SMILES string of the molecule is COCc1nc(Cc2nc(C)cs2)sc1CNC(C)C. The maximum absolute atomic E-state index is 5.25. The number of ether oxygens (including phenoxy) is 1. The first kappa shape index (κ1) is 15.6. The largest absolute Gasteiger partial charge is 0.378 e. The monoisotopic (exact) mass is 311 g/mol. The Morgan fingerprint density at radius 1 is 1.30 bits per heavy atom. The quantitative estimate of drug-likeness (QED) is 0.853. The van der Waals surface area contributed by atoms with E-state index in [9.17, 15) is 0 Å². The third-order valence-electron chi connectivity index (χ3n) is 2.74. The Hall–Kier alpha value is -0.820. The highest BCUT2D eigenvalue weighted by molar-refractivity contribution is 7.12. The van der Waals surface area contributed by atoms with Crippen LogP contribution in [-0.2, 0) is 24.3 Å². The minimum atomic E-state index is 0.470. The second-order valence-electron chi connectivity index (χ2n) is 5.01. The lowest BCUT2D eigenvalue weighted by molar-refractivity contribution is 0.181. The van der Waals surface area contributed by atoms with Gasteiger partial charge in [0.25, 0.3) is 0 Å². The molecule has 0 aliphatic rings. The van der Waals surface area contributed by atoms with Gasteiger partial charge in [-0.1, -0.05) is 13.8 Å². The fourth-order valence-corrected chi connectivity index (χ4v) is 3.70. The maximum Gasteiger partial charge on any atom is 0.100 e. The van der Waals surface area contributed by atoms with Crippen LogP contribution in [0.1, 0.15) is 40.1 Å². The van der Waals surface area contributed by atoms with Crippen LogP contribution in [0.25, 0.3) is 0 Å². The summed E-state index contributed by atoms with van der Waals surface area (Å²) < 4.78 is 5.25. The van der Waals surface area contributed by atoms with Crippen molar-refractivity contribution in [3.63, 3.8) is 0 Å². The summed E-state index contributed by atoms with van der Waals surface area (Å²) in [6.45, 7) is 7.75. The van der Waals surface area contributed by atoms with Gasteiger partial charge in [0.15, 0.2) is 0 Å². The minimum Gasteiger partial charge on any atom is -0.378 e. The van der Waals surface area contributed by atoms with Crippen molar-refractivity contribution in [2.45, 2.75) is 46.4 Å². The molecule has 0 atom stereocenters. The van der Waals surface area contributed by atoms with Crippen LogP contribution in [0.5, 0.6) is 0 Å². The number of aryl methyl sites for hydroxylation is 1. The van der Waals surface area contributed by atoms with Crippen LogP contribution in [0.2, 0.25) is 0 Å². The molecular formula is C14H21N3OS2. The molecule has 0 saturated carbocycles. The Kier molecular flexibility index (Phi) is 5.65. The Bertz CT molecular complexity index is 548. The number of hydrogen-bond donors (Lipinski definition) is 1. The number of nitrogens with one attached hydrogen (secondary N) is 1. The molecule has 2 aromatic rings. The summed E-state index contributed by atoms with van der Waals surface area (Å²) in [4.78, 5) is 10.5. The zero-order valence-corrected chi connectivity index (χ0v) is 14.0. The number of hydrogen-bond acceptors (Lipinski definition) is 6. The topological polar surface area (TPSA) is 47.0 Å². The van der Waals surface area contributed by atoms with Crippen LogP contribution in [0.4, 0.5) is 0 Å². The highest BCUT2D eigenvalue weighted by Gasteiger charge is 2.13. The van der Waals surface area contributed by atoms with Gasteiger partial charge in [0, 0.05) is 35.6 Å². The van der Waals surface area contributed by atoms with E-state index in [1.807, 2.05) is 6.92 Å². The molecule has 0 unspecified atom stereocenters. The van der Waals surface area contributed by atoms with Gasteiger partial charge in [-0.3, -0.25) is 0 Å². The standard InChI is InChI=1S/C14H21N3OS2/c1-9(2)15-6-12-11(7-18-4)17-14(20-12)5-13-16-10(3)8-19-13/h8-9,15H,5-7H2,1-4H3. The van der Waals surface area contributed by atoms with Crippen molar-refractivity contribution in [3.05, 3.63) is 31.7 Å². The molecule has 110 valence electrons. The van der Waals surface area contributed by atoms with Gasteiger partial charge in [-0.15, -0.1) is 22.7 Å². The number of aromatic nitrogens is 2. The summed E-state index contributed by atoms with van der Waals surface area (Å²) in [5.41, 5.74) is 2.13. The molecule has 0 aliphatic heterocycles. The Morgan fingerprint density at radius 2 is 2.10 bits per heavy atom. The van der Waals surface area contributed by atoms with Gasteiger partial charge in [-0.05, 0) is 6.92 Å². The molecule has 2 heterocycles. The molecule has 4 nitrogen and oxygen atoms in total. The summed E-state index contributed by atoms with van der Waals surface area (Å²) >= 11 is 3.46. The smallest absolute Gasteiger partial charge is 0.100 e. The average Bonchev–Trinajstić information content (AvgIpc) is 2.95. The van der Waals surface area contributed by atoms with Gasteiger partial charge >= 0.3 is 0 Å². The Balaban J connectivity index is 2.11. The molecule has 0 bridgehead atoms. The van der Waals surface area contributed by atoms with Crippen molar-refractivity contribution < 1.29 is 4.74 Å². The molecule has 0 aliphatic carbocycles. The van der Waals surface area contributed by atoms with Crippen molar-refractivity contribution in [3.8, 4) is 0 Å². The number of nitrogens with zero attached hydrogens (tertiary/aromatic N) is 2. The maximum atomic E-state index is 5.25. The second-order valence-corrected chi connectivity index (χ2v) is 7.12. The molecule has 0 aromatic carbocycles. The molecule has 0 radical (unpaired) electrons. The summed E-state index contributed by atoms with van der Waals surface area (Å²) in [5.74, 6) is 0. The van der Waals surface area contributed by atoms with Gasteiger partial charge in [-0.25, -0.2) is 9.97 Å². The van der Waals surface area contributed by atoms with Crippen molar-refractivity contribution in [1.29, 1.82) is 0 Å². The predicted molar refractivity (Wildman–Crippen MR) is 84.5 cm³/mol. The summed E-state index contributed by atoms with van der Waals surface area (Å²) in [5, 5.41) is 7.77. The average molecular weight is 311 g/mol. The van der Waals surface area contributed by atoms with Crippen LogP contribution in [0, 0.1) is 6.92 Å². The third kappa shape index (κ3) is 4.34. The molecule has 0 saturated heterocycles. The zero-order chi connectivity index (χ0) is 14.5. The van der Waals surface area contributed by atoms with E-state index >= 15 is 0 Å². The van der Waals surface area contributed by atoms with E-state index in [0.717, 1.165) is 34.4 Å². The Morgan fingerprint density at radius 3 is 2.70 bits per heavy atom. The van der Waals surface area contributed by atoms with E-state index in [4.69, 9.17) is 9.72 Å². The van der Waals surface area contributed by atoms with Gasteiger partial charge in [0.1, 0.15) is 5.01 Å². The number of thiazole rings is 2. The fraction of sp³-hybridized carbons (Fsp3) is 0.571. The van der Waals surface area contributed by atoms with Crippen LogP contribution in [0.15, 0.2) is 5.38 Å². The molecule has 2 aromatic heterocycles. The van der Waals surface area contributed by atoms with Crippen LogP contribution in [-0.4, -0.2) is 23.1 Å². The van der Waals surface area contributed by atoms with Crippen molar-refractivity contribution in [1.82, 2.24) is 15.3 Å². The highest BCUT2D eigenvalue weighted by Crippen LogP contribution is 2.23. The lowest BCUT2D eigenvalue weighted by Crippen LogP contribution is -2.21. The molecule has 0 spiro atoms. The highest BCUT2D eigenvalue weighted by atomic mass is 32.1. The van der Waals surface area contributed by atoms with Gasteiger partial charge in [0.2, 0.25) is 0 Å². The number of rotatable bonds is 7. The van der Waals surface area contributed by atoms with Gasteiger partial charge in [0.05, 0.1) is 23.7 Å². The van der Waals surface area contributed by atoms with Crippen molar-refractivity contribution in [2.24, 2.45) is 0 Å². The number of methoxy groups -OCH3 is 1. The molecule has 1 N–H and O–H groups in total. The van der Waals surface area contributed by atoms with Crippen molar-refractivity contribution in [2.75, 3.05) is 7.11 Å². The van der Waals surface area contributed by atoms with E-state index in [2.05, 4.69) is 29.5 Å². The lowest BCUT2D eigenvalue weighted by atomic mass is 10.3. The molecule has 6 heteroatoms. The van der Waals surface area contributed by atoms with Gasteiger partial charge in [-0.2, -0.15) is 0 Å². The molecule has 20 heavy (non-hydrogen) atoms. The van der Waals surface area contributed by atoms with E-state index in [0.29, 0.717) is 12.6 Å².